The highest BCUT2D eigenvalue weighted by Crippen LogP contribution is 2.25. The lowest BCUT2D eigenvalue weighted by molar-refractivity contribution is -0.119. The molecule has 2 aromatic rings. The van der Waals surface area contributed by atoms with Crippen molar-refractivity contribution in [2.24, 2.45) is 0 Å². The smallest absolute Gasteiger partial charge is 0.250 e. The summed E-state index contributed by atoms with van der Waals surface area (Å²) in [5.41, 5.74) is 1.88. The zero-order valence-electron chi connectivity index (χ0n) is 15.5. The van der Waals surface area contributed by atoms with Gasteiger partial charge in [-0.25, -0.2) is 0 Å². The van der Waals surface area contributed by atoms with Gasteiger partial charge in [0.25, 0.3) is 0 Å². The van der Waals surface area contributed by atoms with Crippen LogP contribution in [0.25, 0.3) is 0 Å². The third-order valence-electron chi connectivity index (χ3n) is 3.51. The highest BCUT2D eigenvalue weighted by atomic mass is 16.5. The summed E-state index contributed by atoms with van der Waals surface area (Å²) in [6.07, 6.45) is 0. The van der Waals surface area contributed by atoms with Crippen molar-refractivity contribution >= 4 is 28.9 Å². The van der Waals surface area contributed by atoms with Gasteiger partial charge in [-0.05, 0) is 18.2 Å². The second-order valence-corrected chi connectivity index (χ2v) is 5.57. The molecule has 0 aliphatic rings. The second kappa shape index (κ2) is 10.0. The average Bonchev–Trinajstić information content (AvgIpc) is 2.66. The molecule has 0 atom stereocenters. The molecule has 144 valence electrons. The van der Waals surface area contributed by atoms with Crippen LogP contribution >= 0.6 is 0 Å². The van der Waals surface area contributed by atoms with Crippen molar-refractivity contribution in [2.75, 3.05) is 50.4 Å². The Bertz CT molecular complexity index is 772. The molecule has 0 aliphatic heterocycles. The number of methoxy groups -OCH3 is 3. The molecule has 0 fully saturated rings. The number of hydrogen-bond donors (Lipinski definition) is 3. The van der Waals surface area contributed by atoms with Crippen molar-refractivity contribution in [3.63, 3.8) is 0 Å². The molecule has 0 bridgehead atoms. The zero-order chi connectivity index (χ0) is 19.6. The molecule has 2 amide bonds. The lowest BCUT2D eigenvalue weighted by Crippen LogP contribution is -2.22. The molecule has 8 heteroatoms. The van der Waals surface area contributed by atoms with Crippen molar-refractivity contribution < 1.29 is 23.8 Å². The Kier molecular flexibility index (Phi) is 7.45. The largest absolute Gasteiger partial charge is 0.497 e. The molecular formula is C19H23N3O5. The van der Waals surface area contributed by atoms with E-state index >= 15 is 0 Å². The van der Waals surface area contributed by atoms with Gasteiger partial charge in [0.1, 0.15) is 18.1 Å². The van der Waals surface area contributed by atoms with Crippen LogP contribution in [0.3, 0.4) is 0 Å². The molecule has 0 aliphatic carbocycles. The molecule has 2 rings (SSSR count). The van der Waals surface area contributed by atoms with Gasteiger partial charge < -0.3 is 30.2 Å². The van der Waals surface area contributed by atoms with Crippen LogP contribution in [0.2, 0.25) is 0 Å². The summed E-state index contributed by atoms with van der Waals surface area (Å²) >= 11 is 0. The Morgan fingerprint density at radius 3 is 2.07 bits per heavy atom. The SMILES string of the molecule is COCC(=O)Nc1cccc(NCC(=O)Nc2cc(OC)cc(OC)c2)c1. The van der Waals surface area contributed by atoms with E-state index in [9.17, 15) is 9.59 Å². The minimum absolute atomic E-state index is 0.0237. The first kappa shape index (κ1) is 20.1. The summed E-state index contributed by atoms with van der Waals surface area (Å²) in [7, 11) is 4.54. The predicted octanol–water partition coefficient (Wildman–Crippen LogP) is 2.34. The number of anilines is 3. The van der Waals surface area contributed by atoms with Crippen molar-refractivity contribution in [1.29, 1.82) is 0 Å². The second-order valence-electron chi connectivity index (χ2n) is 5.57. The quantitative estimate of drug-likeness (QED) is 0.624. The van der Waals surface area contributed by atoms with Crippen LogP contribution in [-0.4, -0.2) is 46.3 Å². The van der Waals surface area contributed by atoms with E-state index in [0.717, 1.165) is 0 Å². The van der Waals surface area contributed by atoms with Gasteiger partial charge in [0.2, 0.25) is 11.8 Å². The van der Waals surface area contributed by atoms with E-state index in [-0.39, 0.29) is 25.0 Å². The number of amides is 2. The van der Waals surface area contributed by atoms with Crippen LogP contribution < -0.4 is 25.4 Å². The Morgan fingerprint density at radius 1 is 0.815 bits per heavy atom. The number of carbonyl (C=O) groups is 2. The molecule has 3 N–H and O–H groups in total. The minimum atomic E-state index is -0.251. The lowest BCUT2D eigenvalue weighted by atomic mass is 10.2. The molecule has 2 aromatic carbocycles. The average molecular weight is 373 g/mol. The van der Waals surface area contributed by atoms with Gasteiger partial charge in [0, 0.05) is 42.4 Å². The normalized spacial score (nSPS) is 10.0. The highest BCUT2D eigenvalue weighted by Gasteiger charge is 2.07. The van der Waals surface area contributed by atoms with E-state index < -0.39 is 0 Å². The molecule has 0 spiro atoms. The first-order valence-corrected chi connectivity index (χ1v) is 8.19. The monoisotopic (exact) mass is 373 g/mol. The number of benzene rings is 2. The van der Waals surface area contributed by atoms with E-state index in [1.54, 1.807) is 56.7 Å². The number of hydrogen-bond acceptors (Lipinski definition) is 6. The van der Waals surface area contributed by atoms with Crippen LogP contribution in [-0.2, 0) is 14.3 Å². The van der Waals surface area contributed by atoms with Crippen LogP contribution in [0, 0.1) is 0 Å². The summed E-state index contributed by atoms with van der Waals surface area (Å²) in [5.74, 6) is 0.674. The van der Waals surface area contributed by atoms with Crippen LogP contribution in [0.15, 0.2) is 42.5 Å². The fourth-order valence-electron chi connectivity index (χ4n) is 2.30. The number of ether oxygens (including phenoxy) is 3. The van der Waals surface area contributed by atoms with Gasteiger partial charge in [-0.3, -0.25) is 9.59 Å². The van der Waals surface area contributed by atoms with E-state index in [2.05, 4.69) is 16.0 Å². The van der Waals surface area contributed by atoms with Crippen molar-refractivity contribution in [3.8, 4) is 11.5 Å². The summed E-state index contributed by atoms with van der Waals surface area (Å²) in [6, 6.07) is 12.2. The minimum Gasteiger partial charge on any atom is -0.497 e. The van der Waals surface area contributed by atoms with Gasteiger partial charge in [-0.15, -0.1) is 0 Å². The van der Waals surface area contributed by atoms with Crippen LogP contribution in [0.5, 0.6) is 11.5 Å². The fraction of sp³-hybridized carbons (Fsp3) is 0.263. The third-order valence-corrected chi connectivity index (χ3v) is 3.51. The van der Waals surface area contributed by atoms with Crippen LogP contribution in [0.1, 0.15) is 0 Å². The molecule has 0 saturated heterocycles. The van der Waals surface area contributed by atoms with E-state index in [0.29, 0.717) is 28.6 Å². The number of carbonyl (C=O) groups excluding carboxylic acids is 2. The third kappa shape index (κ3) is 6.52. The Morgan fingerprint density at radius 2 is 1.44 bits per heavy atom. The van der Waals surface area contributed by atoms with Gasteiger partial charge in [0.05, 0.1) is 20.8 Å². The van der Waals surface area contributed by atoms with Gasteiger partial charge >= 0.3 is 0 Å². The summed E-state index contributed by atoms with van der Waals surface area (Å²) in [5, 5.41) is 8.49. The maximum absolute atomic E-state index is 12.2. The van der Waals surface area contributed by atoms with E-state index in [4.69, 9.17) is 14.2 Å². The van der Waals surface area contributed by atoms with Crippen molar-refractivity contribution in [3.05, 3.63) is 42.5 Å². The maximum atomic E-state index is 12.2. The van der Waals surface area contributed by atoms with Crippen molar-refractivity contribution in [2.45, 2.75) is 0 Å². The lowest BCUT2D eigenvalue weighted by Gasteiger charge is -2.11. The molecule has 27 heavy (non-hydrogen) atoms. The Hall–Kier alpha value is -3.26. The number of rotatable bonds is 9. The van der Waals surface area contributed by atoms with Gasteiger partial charge in [0.15, 0.2) is 0 Å². The predicted molar refractivity (Wildman–Crippen MR) is 104 cm³/mol. The molecule has 0 radical (unpaired) electrons. The molecule has 0 saturated carbocycles. The van der Waals surface area contributed by atoms with Gasteiger partial charge in [-0.2, -0.15) is 0 Å². The molecule has 0 unspecified atom stereocenters. The Balaban J connectivity index is 1.93. The summed E-state index contributed by atoms with van der Waals surface area (Å²) in [6.45, 7) is 0.0268. The molecule has 0 heterocycles. The molecule has 8 nitrogen and oxygen atoms in total. The summed E-state index contributed by atoms with van der Waals surface area (Å²) < 4.78 is 15.1. The highest BCUT2D eigenvalue weighted by molar-refractivity contribution is 5.95. The molecule has 0 aromatic heterocycles. The Labute approximate surface area is 157 Å². The van der Waals surface area contributed by atoms with Crippen molar-refractivity contribution in [1.82, 2.24) is 0 Å². The first-order chi connectivity index (χ1) is 13.0. The van der Waals surface area contributed by atoms with E-state index in [1.807, 2.05) is 0 Å². The van der Waals surface area contributed by atoms with Gasteiger partial charge in [-0.1, -0.05) is 6.07 Å². The van der Waals surface area contributed by atoms with E-state index in [1.165, 1.54) is 7.11 Å². The topological polar surface area (TPSA) is 97.9 Å². The maximum Gasteiger partial charge on any atom is 0.250 e. The van der Waals surface area contributed by atoms with Crippen LogP contribution in [0.4, 0.5) is 17.1 Å². The first-order valence-electron chi connectivity index (χ1n) is 8.19. The zero-order valence-corrected chi connectivity index (χ0v) is 15.5. The standard InChI is InChI=1S/C19H23N3O5/c1-25-12-19(24)21-14-6-4-5-13(7-14)20-11-18(23)22-15-8-16(26-2)10-17(9-15)27-3/h4-10,20H,11-12H2,1-3H3,(H,21,24)(H,22,23). The summed E-state index contributed by atoms with van der Waals surface area (Å²) in [4.78, 5) is 23.7. The molecular weight excluding hydrogens is 350 g/mol. The number of nitrogens with one attached hydrogen (secondary N) is 3. The fourth-order valence-corrected chi connectivity index (χ4v) is 2.30.